The topological polar surface area (TPSA) is 78.4 Å². The van der Waals surface area contributed by atoms with E-state index in [1.54, 1.807) is 0 Å². The number of halogens is 1. The molecular weight excluding hydrogens is 477 g/mol. The van der Waals surface area contributed by atoms with Crippen LogP contribution in [0.15, 0.2) is 53.7 Å². The van der Waals surface area contributed by atoms with E-state index >= 15 is 0 Å². The molecule has 7 heteroatoms. The maximum absolute atomic E-state index is 12.1. The smallest absolute Gasteiger partial charge is 0.227 e. The molecule has 0 atom stereocenters. The molecule has 3 N–H and O–H groups in total. The molecule has 1 amide bonds. The van der Waals surface area contributed by atoms with Gasteiger partial charge in [0, 0.05) is 43.0 Å². The van der Waals surface area contributed by atoms with E-state index in [1.807, 2.05) is 55.6 Å². The average molecular weight is 507 g/mol. The Morgan fingerprint density at radius 2 is 2.03 bits per heavy atom. The molecule has 0 bridgehead atoms. The number of pyridine rings is 1. The van der Waals surface area contributed by atoms with Crippen LogP contribution in [0.1, 0.15) is 37.4 Å². The molecule has 29 heavy (non-hydrogen) atoms. The number of carbonyl (C=O) groups is 1. The Morgan fingerprint density at radius 3 is 2.72 bits per heavy atom. The highest BCUT2D eigenvalue weighted by molar-refractivity contribution is 14.0. The number of hydrogen-bond acceptors (Lipinski definition) is 3. The van der Waals surface area contributed by atoms with Crippen LogP contribution in [0.25, 0.3) is 0 Å². The van der Waals surface area contributed by atoms with E-state index in [1.165, 1.54) is 0 Å². The van der Waals surface area contributed by atoms with Crippen molar-refractivity contribution in [2.24, 2.45) is 10.9 Å². The van der Waals surface area contributed by atoms with E-state index in [-0.39, 0.29) is 35.8 Å². The highest BCUT2D eigenvalue weighted by atomic mass is 127. The standard InChI is InChI=1S/C22H29N5O.HI/c1-2-23-22(25-14-12-19-10-3-4-13-24-19)26-16-17-7-5-11-20(15-17)27-21(28)18-8-6-9-18;/h3-5,7,10-11,13,15,18H,2,6,8-9,12,14,16H2,1H3,(H,27,28)(H2,23,25,26);1H. The van der Waals surface area contributed by atoms with Crippen molar-refractivity contribution >= 4 is 41.5 Å². The number of aromatic nitrogens is 1. The lowest BCUT2D eigenvalue weighted by Crippen LogP contribution is -2.38. The van der Waals surface area contributed by atoms with Crippen LogP contribution in [-0.2, 0) is 17.8 Å². The monoisotopic (exact) mass is 507 g/mol. The van der Waals surface area contributed by atoms with Crippen LogP contribution in [0, 0.1) is 5.92 Å². The number of anilines is 1. The fourth-order valence-electron chi connectivity index (χ4n) is 3.03. The van der Waals surface area contributed by atoms with Gasteiger partial charge in [-0.1, -0.05) is 24.6 Å². The van der Waals surface area contributed by atoms with Gasteiger partial charge in [0.25, 0.3) is 0 Å². The van der Waals surface area contributed by atoms with E-state index in [9.17, 15) is 4.79 Å². The van der Waals surface area contributed by atoms with Crippen LogP contribution in [0.3, 0.4) is 0 Å². The van der Waals surface area contributed by atoms with Crippen molar-refractivity contribution in [3.8, 4) is 0 Å². The molecule has 1 saturated carbocycles. The van der Waals surface area contributed by atoms with Crippen LogP contribution in [0.5, 0.6) is 0 Å². The van der Waals surface area contributed by atoms with Gasteiger partial charge >= 0.3 is 0 Å². The Bertz CT molecular complexity index is 793. The molecule has 0 aliphatic heterocycles. The van der Waals surface area contributed by atoms with Gasteiger partial charge in [0.2, 0.25) is 5.91 Å². The summed E-state index contributed by atoms with van der Waals surface area (Å²) < 4.78 is 0. The second-order valence-corrected chi connectivity index (χ2v) is 7.01. The number of nitrogens with zero attached hydrogens (tertiary/aromatic N) is 2. The summed E-state index contributed by atoms with van der Waals surface area (Å²) in [5.74, 6) is 1.10. The second-order valence-electron chi connectivity index (χ2n) is 7.01. The molecule has 1 aliphatic rings. The van der Waals surface area contributed by atoms with Gasteiger partial charge in [0.05, 0.1) is 6.54 Å². The summed E-state index contributed by atoms with van der Waals surface area (Å²) in [5.41, 5.74) is 2.96. The van der Waals surface area contributed by atoms with Crippen LogP contribution in [0.4, 0.5) is 5.69 Å². The van der Waals surface area contributed by atoms with Gasteiger partial charge in [-0.15, -0.1) is 24.0 Å². The van der Waals surface area contributed by atoms with Crippen molar-refractivity contribution in [2.45, 2.75) is 39.2 Å². The van der Waals surface area contributed by atoms with Crippen molar-refractivity contribution in [1.29, 1.82) is 0 Å². The van der Waals surface area contributed by atoms with Gasteiger partial charge in [0.1, 0.15) is 0 Å². The molecule has 0 radical (unpaired) electrons. The average Bonchev–Trinajstić information content (AvgIpc) is 2.66. The molecule has 0 unspecified atom stereocenters. The van der Waals surface area contributed by atoms with E-state index in [2.05, 4.69) is 25.9 Å². The number of nitrogens with one attached hydrogen (secondary N) is 3. The largest absolute Gasteiger partial charge is 0.357 e. The Morgan fingerprint density at radius 1 is 1.17 bits per heavy atom. The molecule has 2 aromatic rings. The SMILES string of the molecule is CCNC(=NCc1cccc(NC(=O)C2CCC2)c1)NCCc1ccccn1.I. The maximum atomic E-state index is 12.1. The zero-order valence-corrected chi connectivity index (χ0v) is 19.2. The fraction of sp³-hybridized carbons (Fsp3) is 0.409. The predicted molar refractivity (Wildman–Crippen MR) is 129 cm³/mol. The summed E-state index contributed by atoms with van der Waals surface area (Å²) in [5, 5.41) is 9.63. The van der Waals surface area contributed by atoms with Crippen molar-refractivity contribution in [1.82, 2.24) is 15.6 Å². The van der Waals surface area contributed by atoms with Gasteiger partial charge < -0.3 is 16.0 Å². The number of rotatable bonds is 8. The summed E-state index contributed by atoms with van der Waals surface area (Å²) in [6.07, 6.45) is 5.82. The first-order valence-electron chi connectivity index (χ1n) is 10.1. The minimum Gasteiger partial charge on any atom is -0.357 e. The summed E-state index contributed by atoms with van der Waals surface area (Å²) in [7, 11) is 0. The Labute approximate surface area is 190 Å². The van der Waals surface area contributed by atoms with Gasteiger partial charge in [-0.3, -0.25) is 9.78 Å². The van der Waals surface area contributed by atoms with Crippen molar-refractivity contribution in [2.75, 3.05) is 18.4 Å². The first-order chi connectivity index (χ1) is 13.7. The first kappa shape index (κ1) is 23.1. The Kier molecular flexibility index (Phi) is 9.90. The molecule has 156 valence electrons. The lowest BCUT2D eigenvalue weighted by Gasteiger charge is -2.24. The van der Waals surface area contributed by atoms with E-state index in [4.69, 9.17) is 0 Å². The number of carbonyl (C=O) groups excluding carboxylic acids is 1. The van der Waals surface area contributed by atoms with Gasteiger partial charge in [-0.05, 0) is 49.6 Å². The zero-order valence-electron chi connectivity index (χ0n) is 16.9. The molecule has 0 spiro atoms. The van der Waals surface area contributed by atoms with Crippen LogP contribution in [-0.4, -0.2) is 29.9 Å². The molecule has 0 saturated heterocycles. The van der Waals surface area contributed by atoms with Gasteiger partial charge in [-0.2, -0.15) is 0 Å². The van der Waals surface area contributed by atoms with Gasteiger partial charge in [0.15, 0.2) is 5.96 Å². The third-order valence-corrected chi connectivity index (χ3v) is 4.83. The normalized spacial score (nSPS) is 13.8. The number of amides is 1. The predicted octanol–water partition coefficient (Wildman–Crippen LogP) is 3.74. The van der Waals surface area contributed by atoms with Gasteiger partial charge in [-0.25, -0.2) is 4.99 Å². The van der Waals surface area contributed by atoms with Crippen LogP contribution < -0.4 is 16.0 Å². The lowest BCUT2D eigenvalue weighted by atomic mass is 9.85. The van der Waals surface area contributed by atoms with E-state index in [0.717, 1.165) is 61.7 Å². The van der Waals surface area contributed by atoms with Crippen LogP contribution >= 0.6 is 24.0 Å². The number of benzene rings is 1. The summed E-state index contributed by atoms with van der Waals surface area (Å²) >= 11 is 0. The van der Waals surface area contributed by atoms with E-state index in [0.29, 0.717) is 6.54 Å². The first-order valence-corrected chi connectivity index (χ1v) is 10.1. The number of guanidine groups is 1. The minimum atomic E-state index is 0. The minimum absolute atomic E-state index is 0. The summed E-state index contributed by atoms with van der Waals surface area (Å²) in [4.78, 5) is 21.1. The third kappa shape index (κ3) is 7.64. The quantitative estimate of drug-likeness (QED) is 0.289. The Hall–Kier alpha value is -2.16. The molecule has 1 aromatic carbocycles. The van der Waals surface area contributed by atoms with Crippen LogP contribution in [0.2, 0.25) is 0 Å². The summed E-state index contributed by atoms with van der Waals surface area (Å²) in [6, 6.07) is 13.9. The highest BCUT2D eigenvalue weighted by Gasteiger charge is 2.25. The van der Waals surface area contributed by atoms with E-state index < -0.39 is 0 Å². The zero-order chi connectivity index (χ0) is 19.6. The second kappa shape index (κ2) is 12.4. The number of hydrogen-bond donors (Lipinski definition) is 3. The number of aliphatic imine (C=N–C) groups is 1. The molecule has 3 rings (SSSR count). The molecular formula is C22H30IN5O. The Balaban J connectivity index is 0.00000300. The van der Waals surface area contributed by atoms with Crippen molar-refractivity contribution in [3.63, 3.8) is 0 Å². The third-order valence-electron chi connectivity index (χ3n) is 4.83. The maximum Gasteiger partial charge on any atom is 0.227 e. The van der Waals surface area contributed by atoms with Crippen molar-refractivity contribution < 1.29 is 4.79 Å². The molecule has 1 aliphatic carbocycles. The summed E-state index contributed by atoms with van der Waals surface area (Å²) in [6.45, 7) is 4.16. The van der Waals surface area contributed by atoms with Crippen molar-refractivity contribution in [3.05, 3.63) is 59.9 Å². The lowest BCUT2D eigenvalue weighted by molar-refractivity contribution is -0.122. The molecule has 1 fully saturated rings. The fourth-order valence-corrected chi connectivity index (χ4v) is 3.03. The molecule has 6 nitrogen and oxygen atoms in total. The molecule has 1 aromatic heterocycles. The highest BCUT2D eigenvalue weighted by Crippen LogP contribution is 2.27. The molecule has 1 heterocycles.